The van der Waals surface area contributed by atoms with Crippen LogP contribution in [0.4, 0.5) is 0 Å². The Morgan fingerprint density at radius 2 is 2.00 bits per heavy atom. The van der Waals surface area contributed by atoms with Gasteiger partial charge in [0, 0.05) is 13.1 Å². The second kappa shape index (κ2) is 8.56. The standard InChI is InChI=1S/C14H26N4O/c1-5-7-8-9-16-14(15-6-2)17-10-13-18-11(3)12(4)19-13/h5-10H2,1-4H3,(H2,15,16,17). The summed E-state index contributed by atoms with van der Waals surface area (Å²) in [5.74, 6) is 2.36. The van der Waals surface area contributed by atoms with E-state index in [9.17, 15) is 0 Å². The van der Waals surface area contributed by atoms with E-state index < -0.39 is 0 Å². The minimum atomic E-state index is 0.470. The van der Waals surface area contributed by atoms with Gasteiger partial charge in [-0.05, 0) is 27.2 Å². The van der Waals surface area contributed by atoms with Crippen LogP contribution in [0.2, 0.25) is 0 Å². The van der Waals surface area contributed by atoms with Gasteiger partial charge in [-0.2, -0.15) is 0 Å². The van der Waals surface area contributed by atoms with Gasteiger partial charge in [-0.15, -0.1) is 0 Å². The molecule has 0 saturated heterocycles. The van der Waals surface area contributed by atoms with Crippen molar-refractivity contribution in [1.29, 1.82) is 0 Å². The zero-order chi connectivity index (χ0) is 14.1. The van der Waals surface area contributed by atoms with Crippen LogP contribution >= 0.6 is 0 Å². The van der Waals surface area contributed by atoms with Crippen LogP contribution in [0.15, 0.2) is 9.41 Å². The highest BCUT2D eigenvalue weighted by atomic mass is 16.4. The normalized spacial score (nSPS) is 11.7. The van der Waals surface area contributed by atoms with Gasteiger partial charge in [-0.25, -0.2) is 9.98 Å². The number of guanidine groups is 1. The van der Waals surface area contributed by atoms with E-state index >= 15 is 0 Å². The number of aromatic nitrogens is 1. The lowest BCUT2D eigenvalue weighted by atomic mass is 10.2. The number of unbranched alkanes of at least 4 members (excludes halogenated alkanes) is 2. The fraction of sp³-hybridized carbons (Fsp3) is 0.714. The summed E-state index contributed by atoms with van der Waals surface area (Å²) in [7, 11) is 0. The van der Waals surface area contributed by atoms with Crippen molar-refractivity contribution in [3.63, 3.8) is 0 Å². The van der Waals surface area contributed by atoms with Crippen molar-refractivity contribution in [1.82, 2.24) is 15.6 Å². The third kappa shape index (κ3) is 5.77. The summed E-state index contributed by atoms with van der Waals surface area (Å²) in [5.41, 5.74) is 0.936. The third-order valence-electron chi connectivity index (χ3n) is 2.86. The van der Waals surface area contributed by atoms with Crippen molar-refractivity contribution in [3.05, 3.63) is 17.3 Å². The van der Waals surface area contributed by atoms with Crippen molar-refractivity contribution in [3.8, 4) is 0 Å². The topological polar surface area (TPSA) is 62.5 Å². The molecule has 0 fully saturated rings. The number of hydrogen-bond donors (Lipinski definition) is 2. The molecule has 5 heteroatoms. The molecule has 5 nitrogen and oxygen atoms in total. The predicted octanol–water partition coefficient (Wildman–Crippen LogP) is 2.54. The molecule has 1 rings (SSSR count). The lowest BCUT2D eigenvalue weighted by molar-refractivity contribution is 0.472. The van der Waals surface area contributed by atoms with Crippen LogP contribution in [0, 0.1) is 13.8 Å². The molecule has 2 N–H and O–H groups in total. The molecule has 0 spiro atoms. The van der Waals surface area contributed by atoms with E-state index in [2.05, 4.69) is 34.5 Å². The number of aryl methyl sites for hydroxylation is 2. The zero-order valence-corrected chi connectivity index (χ0v) is 12.5. The molecule has 0 aliphatic rings. The summed E-state index contributed by atoms with van der Waals surface area (Å²) >= 11 is 0. The minimum Gasteiger partial charge on any atom is -0.444 e. The van der Waals surface area contributed by atoms with E-state index in [-0.39, 0.29) is 0 Å². The van der Waals surface area contributed by atoms with Crippen LogP contribution in [0.25, 0.3) is 0 Å². The second-order valence-corrected chi connectivity index (χ2v) is 4.58. The molecule has 1 aromatic heterocycles. The molecular weight excluding hydrogens is 240 g/mol. The summed E-state index contributed by atoms with van der Waals surface area (Å²) in [5, 5.41) is 6.54. The Morgan fingerprint density at radius 1 is 1.21 bits per heavy atom. The van der Waals surface area contributed by atoms with Crippen LogP contribution in [0.3, 0.4) is 0 Å². The van der Waals surface area contributed by atoms with E-state index in [1.165, 1.54) is 12.8 Å². The van der Waals surface area contributed by atoms with Gasteiger partial charge in [0.1, 0.15) is 12.3 Å². The quantitative estimate of drug-likeness (QED) is 0.452. The van der Waals surface area contributed by atoms with Gasteiger partial charge in [0.25, 0.3) is 0 Å². The Kier molecular flexibility index (Phi) is 7.00. The Bertz CT molecular complexity index is 379. The first kappa shape index (κ1) is 15.5. The summed E-state index contributed by atoms with van der Waals surface area (Å²) in [4.78, 5) is 8.80. The molecule has 19 heavy (non-hydrogen) atoms. The van der Waals surface area contributed by atoms with Crippen molar-refractivity contribution >= 4 is 5.96 Å². The Labute approximate surface area is 115 Å². The van der Waals surface area contributed by atoms with Gasteiger partial charge >= 0.3 is 0 Å². The van der Waals surface area contributed by atoms with E-state index in [0.717, 1.165) is 36.9 Å². The van der Waals surface area contributed by atoms with Crippen LogP contribution < -0.4 is 10.6 Å². The molecule has 1 heterocycles. The monoisotopic (exact) mass is 266 g/mol. The maximum Gasteiger partial charge on any atom is 0.216 e. The highest BCUT2D eigenvalue weighted by Crippen LogP contribution is 2.08. The number of nitrogens with zero attached hydrogens (tertiary/aromatic N) is 2. The van der Waals surface area contributed by atoms with Gasteiger partial charge in [-0.3, -0.25) is 0 Å². The molecule has 0 atom stereocenters. The molecule has 0 amide bonds. The average Bonchev–Trinajstić information content (AvgIpc) is 2.71. The molecule has 0 unspecified atom stereocenters. The number of oxazole rings is 1. The second-order valence-electron chi connectivity index (χ2n) is 4.58. The first-order valence-corrected chi connectivity index (χ1v) is 7.12. The average molecular weight is 266 g/mol. The lowest BCUT2D eigenvalue weighted by Crippen LogP contribution is -2.37. The Hall–Kier alpha value is -1.52. The van der Waals surface area contributed by atoms with Crippen LogP contribution in [-0.2, 0) is 6.54 Å². The fourth-order valence-corrected chi connectivity index (χ4v) is 1.68. The molecule has 0 aliphatic carbocycles. The Balaban J connectivity index is 2.47. The van der Waals surface area contributed by atoms with Crippen LogP contribution in [0.5, 0.6) is 0 Å². The summed E-state index contributed by atoms with van der Waals surface area (Å²) < 4.78 is 5.51. The predicted molar refractivity (Wildman–Crippen MR) is 78.3 cm³/mol. The van der Waals surface area contributed by atoms with Gasteiger partial charge in [0.15, 0.2) is 5.96 Å². The summed E-state index contributed by atoms with van der Waals surface area (Å²) in [6.07, 6.45) is 3.63. The number of nitrogens with one attached hydrogen (secondary N) is 2. The molecular formula is C14H26N4O. The molecule has 0 aromatic carbocycles. The first-order valence-electron chi connectivity index (χ1n) is 7.12. The smallest absolute Gasteiger partial charge is 0.216 e. The van der Waals surface area contributed by atoms with Gasteiger partial charge in [0.2, 0.25) is 5.89 Å². The molecule has 0 aliphatic heterocycles. The van der Waals surface area contributed by atoms with Crippen molar-refractivity contribution in [2.45, 2.75) is 53.5 Å². The molecule has 0 saturated carbocycles. The molecule has 0 radical (unpaired) electrons. The maximum absolute atomic E-state index is 5.51. The van der Waals surface area contributed by atoms with Crippen LogP contribution in [0.1, 0.15) is 50.5 Å². The van der Waals surface area contributed by atoms with Crippen molar-refractivity contribution < 1.29 is 4.42 Å². The number of rotatable bonds is 7. The lowest BCUT2D eigenvalue weighted by Gasteiger charge is -2.10. The van der Waals surface area contributed by atoms with E-state index in [1.807, 2.05) is 13.8 Å². The SMILES string of the molecule is CCCCCNC(=NCc1nc(C)c(C)o1)NCC. The van der Waals surface area contributed by atoms with Gasteiger partial charge < -0.3 is 15.1 Å². The Morgan fingerprint density at radius 3 is 2.58 bits per heavy atom. The van der Waals surface area contributed by atoms with Crippen molar-refractivity contribution in [2.75, 3.05) is 13.1 Å². The van der Waals surface area contributed by atoms with Gasteiger partial charge in [-0.1, -0.05) is 19.8 Å². The first-order chi connectivity index (χ1) is 9.17. The molecule has 0 bridgehead atoms. The zero-order valence-electron chi connectivity index (χ0n) is 12.5. The highest BCUT2D eigenvalue weighted by molar-refractivity contribution is 5.79. The highest BCUT2D eigenvalue weighted by Gasteiger charge is 2.05. The van der Waals surface area contributed by atoms with Crippen LogP contribution in [-0.4, -0.2) is 24.0 Å². The van der Waals surface area contributed by atoms with E-state index in [1.54, 1.807) is 0 Å². The summed E-state index contributed by atoms with van der Waals surface area (Å²) in [6, 6.07) is 0. The number of aliphatic imine (C=N–C) groups is 1. The maximum atomic E-state index is 5.51. The fourth-order valence-electron chi connectivity index (χ4n) is 1.68. The number of hydrogen-bond acceptors (Lipinski definition) is 3. The molecule has 1 aromatic rings. The minimum absolute atomic E-state index is 0.470. The molecule has 108 valence electrons. The van der Waals surface area contributed by atoms with Crippen molar-refractivity contribution in [2.24, 2.45) is 4.99 Å². The summed E-state index contributed by atoms with van der Waals surface area (Å²) in [6.45, 7) is 10.4. The largest absolute Gasteiger partial charge is 0.444 e. The third-order valence-corrected chi connectivity index (χ3v) is 2.86. The van der Waals surface area contributed by atoms with Gasteiger partial charge in [0.05, 0.1) is 5.69 Å². The van der Waals surface area contributed by atoms with E-state index in [0.29, 0.717) is 12.4 Å². The van der Waals surface area contributed by atoms with E-state index in [4.69, 9.17) is 4.42 Å².